The molecule has 1 fully saturated rings. The predicted molar refractivity (Wildman–Crippen MR) is 124 cm³/mol. The van der Waals surface area contributed by atoms with E-state index in [9.17, 15) is 0 Å². The Balaban J connectivity index is 1.14. The average Bonchev–Trinajstić information content (AvgIpc) is 3.48. The third-order valence-electron chi connectivity index (χ3n) is 6.64. The molecule has 2 aliphatic heterocycles. The molecule has 0 aliphatic carbocycles. The number of anilines is 1. The maximum absolute atomic E-state index is 6.59. The minimum absolute atomic E-state index is 0.0454. The number of hydrogen-bond acceptors (Lipinski definition) is 7. The van der Waals surface area contributed by atoms with Crippen LogP contribution in [0.1, 0.15) is 24.6 Å². The minimum Gasteiger partial charge on any atom is -0.355 e. The third kappa shape index (κ3) is 3.18. The maximum Gasteiger partial charge on any atom is 0.157 e. The smallest absolute Gasteiger partial charge is 0.157 e. The van der Waals surface area contributed by atoms with Crippen LogP contribution in [0.2, 0.25) is 10.2 Å². The summed E-state index contributed by atoms with van der Waals surface area (Å²) >= 11 is 14.1. The van der Waals surface area contributed by atoms with Crippen LogP contribution in [-0.4, -0.2) is 42.2 Å². The summed E-state index contributed by atoms with van der Waals surface area (Å²) in [6.45, 7) is 2.71. The molecule has 0 saturated carbocycles. The van der Waals surface area contributed by atoms with Crippen molar-refractivity contribution in [3.05, 3.63) is 59.0 Å². The highest BCUT2D eigenvalue weighted by Gasteiger charge is 2.46. The number of rotatable bonds is 3. The molecule has 0 aromatic carbocycles. The van der Waals surface area contributed by atoms with Crippen molar-refractivity contribution in [2.24, 2.45) is 11.1 Å². The van der Waals surface area contributed by atoms with E-state index in [1.807, 2.05) is 30.7 Å². The van der Waals surface area contributed by atoms with Crippen LogP contribution >= 0.6 is 35.0 Å². The van der Waals surface area contributed by atoms with Crippen LogP contribution in [0.5, 0.6) is 0 Å². The van der Waals surface area contributed by atoms with Gasteiger partial charge in [0.1, 0.15) is 16.0 Å². The van der Waals surface area contributed by atoms with Gasteiger partial charge in [0.15, 0.2) is 5.65 Å². The summed E-state index contributed by atoms with van der Waals surface area (Å²) in [7, 11) is 0. The molecule has 1 spiro atoms. The lowest BCUT2D eigenvalue weighted by molar-refractivity contribution is 0.170. The van der Waals surface area contributed by atoms with Gasteiger partial charge in [-0.2, -0.15) is 5.10 Å². The number of fused-ring (bicyclic) bond motifs is 2. The number of piperidine rings is 1. The van der Waals surface area contributed by atoms with Crippen molar-refractivity contribution in [2.75, 3.05) is 18.0 Å². The quantitative estimate of drug-likeness (QED) is 0.466. The summed E-state index contributed by atoms with van der Waals surface area (Å²) in [5, 5.41) is 6.26. The largest absolute Gasteiger partial charge is 0.355 e. The fourth-order valence-corrected chi connectivity index (χ4v) is 6.04. The minimum atomic E-state index is 0.0454. The molecular weight excluding hydrogens is 467 g/mol. The van der Waals surface area contributed by atoms with Gasteiger partial charge in [-0.15, -0.1) is 0 Å². The van der Waals surface area contributed by atoms with E-state index in [-0.39, 0.29) is 11.5 Å². The highest BCUT2D eigenvalue weighted by molar-refractivity contribution is 7.99. The zero-order valence-corrected chi connectivity index (χ0v) is 19.4. The van der Waals surface area contributed by atoms with Crippen LogP contribution in [0.4, 0.5) is 5.82 Å². The van der Waals surface area contributed by atoms with Crippen LogP contribution in [-0.2, 0) is 6.54 Å². The Morgan fingerprint density at radius 2 is 1.91 bits per heavy atom. The first-order valence-electron chi connectivity index (χ1n) is 10.4. The van der Waals surface area contributed by atoms with Crippen LogP contribution in [0.15, 0.2) is 53.0 Å². The first-order valence-corrected chi connectivity index (χ1v) is 11.9. The van der Waals surface area contributed by atoms with Crippen molar-refractivity contribution in [2.45, 2.75) is 35.3 Å². The fourth-order valence-electron chi connectivity index (χ4n) is 4.79. The van der Waals surface area contributed by atoms with Gasteiger partial charge in [-0.25, -0.2) is 15.0 Å². The number of imidazole rings is 1. The van der Waals surface area contributed by atoms with Gasteiger partial charge in [-0.3, -0.25) is 9.08 Å². The second-order valence-corrected chi connectivity index (χ2v) is 10.2. The third-order valence-corrected chi connectivity index (χ3v) is 8.39. The number of hydrogen-bond donors (Lipinski definition) is 1. The van der Waals surface area contributed by atoms with Gasteiger partial charge < -0.3 is 10.6 Å². The van der Waals surface area contributed by atoms with Gasteiger partial charge in [0, 0.05) is 42.3 Å². The van der Waals surface area contributed by atoms with Crippen molar-refractivity contribution in [1.29, 1.82) is 0 Å². The van der Waals surface area contributed by atoms with E-state index < -0.39 is 0 Å². The molecule has 0 bridgehead atoms. The molecule has 2 N–H and O–H groups in total. The van der Waals surface area contributed by atoms with Crippen LogP contribution < -0.4 is 10.6 Å². The Bertz CT molecular complexity index is 1290. The Hall–Kier alpha value is -2.33. The highest BCUT2D eigenvalue weighted by atomic mass is 35.5. The molecule has 32 heavy (non-hydrogen) atoms. The molecule has 6 heterocycles. The number of pyridine rings is 1. The van der Waals surface area contributed by atoms with Gasteiger partial charge in [0.05, 0.1) is 35.3 Å². The molecule has 0 amide bonds. The molecule has 4 aromatic heterocycles. The zero-order valence-electron chi connectivity index (χ0n) is 17.0. The fraction of sp³-hybridized carbons (Fsp3) is 0.333. The van der Waals surface area contributed by atoms with Crippen LogP contribution in [0.3, 0.4) is 0 Å². The molecule has 8 nitrogen and oxygen atoms in total. The standard InChI is InChI=1S/C21H20Cl2N8S/c22-15-9-27-20-18(23)14(2-6-30(15)20)32-17-11-25-16(10-26-17)29-7-3-21(4-8-29)12-31-13(19(21)24)1-5-28-31/h1-2,5-6,9-11,19H,3-4,7-8,12,24H2/t19-/m1/s1. The van der Waals surface area contributed by atoms with Gasteiger partial charge in [0.25, 0.3) is 0 Å². The lowest BCUT2D eigenvalue weighted by atomic mass is 9.73. The summed E-state index contributed by atoms with van der Waals surface area (Å²) in [5.41, 5.74) is 8.46. The van der Waals surface area contributed by atoms with Gasteiger partial charge in [-0.05, 0) is 25.0 Å². The zero-order chi connectivity index (χ0) is 21.9. The van der Waals surface area contributed by atoms with Crippen molar-refractivity contribution in [3.63, 3.8) is 0 Å². The molecule has 164 valence electrons. The number of halogens is 2. The molecule has 0 radical (unpaired) electrons. The highest BCUT2D eigenvalue weighted by Crippen LogP contribution is 2.47. The first kappa shape index (κ1) is 20.3. The van der Waals surface area contributed by atoms with Crippen LogP contribution in [0.25, 0.3) is 5.65 Å². The number of nitrogens with zero attached hydrogens (tertiary/aromatic N) is 7. The monoisotopic (exact) mass is 486 g/mol. The second kappa shape index (κ2) is 7.62. The van der Waals surface area contributed by atoms with Crippen molar-refractivity contribution in [3.8, 4) is 0 Å². The lowest BCUT2D eigenvalue weighted by Gasteiger charge is -2.41. The van der Waals surface area contributed by atoms with Crippen LogP contribution in [0, 0.1) is 5.41 Å². The molecule has 2 aliphatic rings. The lowest BCUT2D eigenvalue weighted by Crippen LogP contribution is -2.45. The number of nitrogens with two attached hydrogens (primary N) is 1. The maximum atomic E-state index is 6.59. The van der Waals surface area contributed by atoms with Crippen molar-refractivity contribution in [1.82, 2.24) is 29.1 Å². The van der Waals surface area contributed by atoms with E-state index in [2.05, 4.69) is 29.6 Å². The summed E-state index contributed by atoms with van der Waals surface area (Å²) in [6.07, 6.45) is 10.9. The molecule has 4 aromatic rings. The average molecular weight is 487 g/mol. The van der Waals surface area contributed by atoms with E-state index in [4.69, 9.17) is 28.9 Å². The van der Waals surface area contributed by atoms with E-state index in [0.29, 0.717) is 15.8 Å². The predicted octanol–water partition coefficient (Wildman–Crippen LogP) is 4.08. The molecule has 0 unspecified atom stereocenters. The molecular formula is C21H20Cl2N8S. The summed E-state index contributed by atoms with van der Waals surface area (Å²) in [4.78, 5) is 16.7. The summed E-state index contributed by atoms with van der Waals surface area (Å²) in [5.74, 6) is 0.884. The molecule has 1 atom stereocenters. The Labute approximate surface area is 198 Å². The van der Waals surface area contributed by atoms with Crippen molar-refractivity contribution >= 4 is 46.4 Å². The topological polar surface area (TPSA) is 90.2 Å². The molecule has 6 rings (SSSR count). The van der Waals surface area contributed by atoms with Crippen molar-refractivity contribution < 1.29 is 0 Å². The summed E-state index contributed by atoms with van der Waals surface area (Å²) in [6, 6.07) is 3.99. The van der Waals surface area contributed by atoms with E-state index in [1.165, 1.54) is 11.8 Å². The number of aromatic nitrogens is 6. The Kier molecular flexibility index (Phi) is 4.83. The Morgan fingerprint density at radius 3 is 2.66 bits per heavy atom. The van der Waals surface area contributed by atoms with Gasteiger partial charge in [-0.1, -0.05) is 35.0 Å². The first-order chi connectivity index (χ1) is 15.5. The van der Waals surface area contributed by atoms with E-state index in [0.717, 1.165) is 53.9 Å². The SMILES string of the molecule is N[C@@H]1c2ccnn2CC12CCN(c1cnc(Sc3ccn4c(Cl)cnc4c3Cl)cn1)CC2. The normalized spacial score (nSPS) is 19.7. The molecule has 1 saturated heterocycles. The molecule has 11 heteroatoms. The Morgan fingerprint density at radius 1 is 1.06 bits per heavy atom. The van der Waals surface area contributed by atoms with E-state index in [1.54, 1.807) is 16.8 Å². The van der Waals surface area contributed by atoms with Gasteiger partial charge >= 0.3 is 0 Å². The van der Waals surface area contributed by atoms with Gasteiger partial charge in [0.2, 0.25) is 0 Å². The second-order valence-electron chi connectivity index (χ2n) is 8.32. The summed E-state index contributed by atoms with van der Waals surface area (Å²) < 4.78 is 3.81. The van der Waals surface area contributed by atoms with E-state index >= 15 is 0 Å².